The number of para-hydroxylation sites is 5. The minimum Gasteiger partial charge on any atom is -0.458 e. The standard InChI is InChI=1S/C47H28B2N4O/c1-3-14-29(15-4-1)51-38-23-12-24-39-43(38)49(34-21-11-19-32-31-18-7-9-22-37(31)53(39)45(32)34)36-28-35-46(50-47(36)51)52(30-16-5-2-6-17-30)40-25-13-27-42-44(40)48(35)33-20-8-10-26-41(33)54-42/h1-28H. The van der Waals surface area contributed by atoms with Gasteiger partial charge in [-0.05, 0) is 93.4 Å². The van der Waals surface area contributed by atoms with Crippen molar-refractivity contribution < 1.29 is 4.74 Å². The lowest BCUT2D eigenvalue weighted by molar-refractivity contribution is 0.487. The van der Waals surface area contributed by atoms with Crippen molar-refractivity contribution in [2.24, 2.45) is 0 Å². The molecule has 2 aromatic heterocycles. The van der Waals surface area contributed by atoms with Crippen LogP contribution in [0.15, 0.2) is 170 Å². The summed E-state index contributed by atoms with van der Waals surface area (Å²) in [7, 11) is 0. The lowest BCUT2D eigenvalue weighted by Crippen LogP contribution is -2.64. The van der Waals surface area contributed by atoms with E-state index in [2.05, 4.69) is 184 Å². The van der Waals surface area contributed by atoms with Gasteiger partial charge in [-0.2, -0.15) is 0 Å². The summed E-state index contributed by atoms with van der Waals surface area (Å²) in [6.45, 7) is -0.0806. The van der Waals surface area contributed by atoms with Crippen LogP contribution in [0.2, 0.25) is 0 Å². The molecule has 6 heterocycles. The first kappa shape index (κ1) is 28.6. The second kappa shape index (κ2) is 10.3. The molecular formula is C47H28B2N4O. The number of pyridine rings is 1. The van der Waals surface area contributed by atoms with Crippen molar-refractivity contribution in [3.8, 4) is 17.2 Å². The van der Waals surface area contributed by atoms with Gasteiger partial charge < -0.3 is 9.30 Å². The van der Waals surface area contributed by atoms with Crippen LogP contribution in [0.5, 0.6) is 11.5 Å². The smallest absolute Gasteiger partial charge is 0.258 e. The molecule has 4 aliphatic heterocycles. The van der Waals surface area contributed by atoms with Crippen molar-refractivity contribution in [1.29, 1.82) is 0 Å². The van der Waals surface area contributed by atoms with E-state index in [1.165, 1.54) is 54.8 Å². The monoisotopic (exact) mass is 686 g/mol. The van der Waals surface area contributed by atoms with E-state index in [4.69, 9.17) is 9.72 Å². The van der Waals surface area contributed by atoms with E-state index >= 15 is 0 Å². The van der Waals surface area contributed by atoms with E-state index in [-0.39, 0.29) is 13.4 Å². The molecular weight excluding hydrogens is 658 g/mol. The highest BCUT2D eigenvalue weighted by molar-refractivity contribution is 7.02. The third kappa shape index (κ3) is 3.54. The zero-order chi connectivity index (χ0) is 35.1. The quantitative estimate of drug-likeness (QED) is 0.180. The molecule has 0 bridgehead atoms. The van der Waals surface area contributed by atoms with Crippen LogP contribution in [-0.4, -0.2) is 23.0 Å². The molecule has 0 atom stereocenters. The molecule has 54 heavy (non-hydrogen) atoms. The van der Waals surface area contributed by atoms with Gasteiger partial charge in [-0.1, -0.05) is 109 Å². The summed E-state index contributed by atoms with van der Waals surface area (Å²) in [5, 5.41) is 2.56. The molecule has 9 aromatic rings. The van der Waals surface area contributed by atoms with Gasteiger partial charge in [0.1, 0.15) is 23.1 Å². The first-order valence-corrected chi connectivity index (χ1v) is 18.6. The van der Waals surface area contributed by atoms with Gasteiger partial charge in [0, 0.05) is 44.7 Å². The predicted octanol–water partition coefficient (Wildman–Crippen LogP) is 7.20. The zero-order valence-electron chi connectivity index (χ0n) is 29.0. The van der Waals surface area contributed by atoms with Gasteiger partial charge in [0.2, 0.25) is 0 Å². The van der Waals surface area contributed by atoms with Crippen LogP contribution >= 0.6 is 0 Å². The number of hydrogen-bond acceptors (Lipinski definition) is 4. The summed E-state index contributed by atoms with van der Waals surface area (Å²) < 4.78 is 9.18. The Morgan fingerprint density at radius 1 is 0.426 bits per heavy atom. The molecule has 0 spiro atoms. The molecule has 248 valence electrons. The van der Waals surface area contributed by atoms with Crippen molar-refractivity contribution >= 4 is 102 Å². The molecule has 7 heteroatoms. The van der Waals surface area contributed by atoms with Crippen molar-refractivity contribution in [2.75, 3.05) is 9.80 Å². The third-order valence-electron chi connectivity index (χ3n) is 12.0. The van der Waals surface area contributed by atoms with Crippen molar-refractivity contribution in [3.63, 3.8) is 0 Å². The second-order valence-corrected chi connectivity index (χ2v) is 14.7. The Labute approximate surface area is 312 Å². The zero-order valence-corrected chi connectivity index (χ0v) is 29.0. The number of fused-ring (bicyclic) bond motifs is 11. The number of benzene rings is 7. The Bertz CT molecular complexity index is 3070. The molecule has 0 N–H and O–H groups in total. The Morgan fingerprint density at radius 3 is 1.76 bits per heavy atom. The minimum atomic E-state index is -0.0541. The maximum atomic E-state index is 6.67. The maximum Gasteiger partial charge on any atom is 0.258 e. The van der Waals surface area contributed by atoms with Gasteiger partial charge in [0.25, 0.3) is 13.4 Å². The number of rotatable bonds is 2. The lowest BCUT2D eigenvalue weighted by Gasteiger charge is -2.43. The van der Waals surface area contributed by atoms with E-state index in [9.17, 15) is 0 Å². The van der Waals surface area contributed by atoms with Gasteiger partial charge in [-0.25, -0.2) is 4.98 Å². The minimum absolute atomic E-state index is 0.0265. The first-order chi connectivity index (χ1) is 26.8. The van der Waals surface area contributed by atoms with E-state index in [0.717, 1.165) is 51.3 Å². The van der Waals surface area contributed by atoms with Gasteiger partial charge in [0.05, 0.1) is 5.52 Å². The van der Waals surface area contributed by atoms with Crippen molar-refractivity contribution in [1.82, 2.24) is 9.55 Å². The molecule has 5 nitrogen and oxygen atoms in total. The average molecular weight is 686 g/mol. The summed E-state index contributed by atoms with van der Waals surface area (Å²) in [6, 6.07) is 61.4. The third-order valence-corrected chi connectivity index (χ3v) is 12.0. The van der Waals surface area contributed by atoms with Gasteiger partial charge in [-0.15, -0.1) is 0 Å². The first-order valence-electron chi connectivity index (χ1n) is 18.6. The van der Waals surface area contributed by atoms with Crippen LogP contribution in [0.25, 0.3) is 27.5 Å². The summed E-state index contributed by atoms with van der Waals surface area (Å²) in [4.78, 5) is 10.7. The molecule has 0 aliphatic carbocycles. The Balaban J connectivity index is 1.19. The molecule has 0 saturated carbocycles. The van der Waals surface area contributed by atoms with Crippen molar-refractivity contribution in [2.45, 2.75) is 0 Å². The fraction of sp³-hybridized carbons (Fsp3) is 0. The molecule has 0 unspecified atom stereocenters. The highest BCUT2D eigenvalue weighted by Crippen LogP contribution is 2.44. The summed E-state index contributed by atoms with van der Waals surface area (Å²) in [5.74, 6) is 3.69. The maximum absolute atomic E-state index is 6.67. The van der Waals surface area contributed by atoms with E-state index in [1.54, 1.807) is 0 Å². The molecule has 7 aromatic carbocycles. The molecule has 0 saturated heterocycles. The van der Waals surface area contributed by atoms with Crippen LogP contribution in [0.3, 0.4) is 0 Å². The molecule has 0 fully saturated rings. The predicted molar refractivity (Wildman–Crippen MR) is 224 cm³/mol. The van der Waals surface area contributed by atoms with Crippen LogP contribution in [0.1, 0.15) is 0 Å². The van der Waals surface area contributed by atoms with Crippen LogP contribution in [-0.2, 0) is 0 Å². The van der Waals surface area contributed by atoms with E-state index < -0.39 is 0 Å². The molecule has 4 aliphatic rings. The summed E-state index contributed by atoms with van der Waals surface area (Å²) in [6.07, 6.45) is 0. The van der Waals surface area contributed by atoms with Crippen LogP contribution in [0.4, 0.5) is 34.4 Å². The number of anilines is 6. The van der Waals surface area contributed by atoms with Crippen LogP contribution < -0.4 is 47.3 Å². The Morgan fingerprint density at radius 2 is 0.981 bits per heavy atom. The normalized spacial score (nSPS) is 13.9. The fourth-order valence-electron chi connectivity index (χ4n) is 9.96. The SMILES string of the molecule is c1ccc(N2c3cccc4c3B(c3ccccc3O4)c3cc4c(nc32)N(c2ccccc2)c2cccc3c2B4c2cccc4c5ccccc5n-3c24)cc1. The lowest BCUT2D eigenvalue weighted by atomic mass is 9.31. The second-order valence-electron chi connectivity index (χ2n) is 14.7. The van der Waals surface area contributed by atoms with E-state index in [1.807, 2.05) is 0 Å². The topological polar surface area (TPSA) is 33.5 Å². The molecule has 0 amide bonds. The van der Waals surface area contributed by atoms with Gasteiger partial charge >= 0.3 is 0 Å². The largest absolute Gasteiger partial charge is 0.458 e. The number of aromatic nitrogens is 2. The van der Waals surface area contributed by atoms with Gasteiger partial charge in [0.15, 0.2) is 0 Å². The highest BCUT2D eigenvalue weighted by atomic mass is 16.5. The average Bonchev–Trinajstić information content (AvgIpc) is 3.57. The van der Waals surface area contributed by atoms with E-state index in [0.29, 0.717) is 0 Å². The Kier molecular flexibility index (Phi) is 5.47. The van der Waals surface area contributed by atoms with Gasteiger partial charge in [-0.3, -0.25) is 9.80 Å². The Hall–Kier alpha value is -6.98. The summed E-state index contributed by atoms with van der Waals surface area (Å²) in [5.41, 5.74) is 15.5. The summed E-state index contributed by atoms with van der Waals surface area (Å²) >= 11 is 0. The fourth-order valence-corrected chi connectivity index (χ4v) is 9.96. The highest BCUT2D eigenvalue weighted by Gasteiger charge is 2.47. The molecule has 13 rings (SSSR count). The number of hydrogen-bond donors (Lipinski definition) is 0. The number of ether oxygens (including phenoxy) is 1. The number of nitrogens with zero attached hydrogens (tertiary/aromatic N) is 4. The van der Waals surface area contributed by atoms with Crippen molar-refractivity contribution in [3.05, 3.63) is 170 Å². The van der Waals surface area contributed by atoms with Crippen LogP contribution in [0, 0.1) is 0 Å². The molecule has 0 radical (unpaired) electrons.